The summed E-state index contributed by atoms with van der Waals surface area (Å²) in [5.41, 5.74) is -1.96. The van der Waals surface area contributed by atoms with Crippen molar-refractivity contribution in [3.8, 4) is 0 Å². The number of nitrogens with one attached hydrogen (secondary N) is 1. The smallest absolute Gasteiger partial charge is 0.257 e. The molecule has 144 valence electrons. The molecule has 0 aromatic carbocycles. The zero-order valence-electron chi connectivity index (χ0n) is 16.1. The van der Waals surface area contributed by atoms with Crippen LogP contribution in [-0.4, -0.2) is 39.6 Å². The van der Waals surface area contributed by atoms with Crippen LogP contribution in [-0.2, 0) is 4.79 Å². The van der Waals surface area contributed by atoms with Crippen LogP contribution in [0.1, 0.15) is 71.5 Å². The zero-order chi connectivity index (χ0) is 18.7. The Hall–Kier alpha value is -1.24. The van der Waals surface area contributed by atoms with E-state index in [0.29, 0.717) is 17.9 Å². The average Bonchev–Trinajstić information content (AvgIpc) is 2.98. The second kappa shape index (κ2) is 6.14. The summed E-state index contributed by atoms with van der Waals surface area (Å²) in [5.74, 6) is 1.41. The van der Waals surface area contributed by atoms with Crippen molar-refractivity contribution >= 4 is 22.6 Å². The molecule has 2 heterocycles. The van der Waals surface area contributed by atoms with Gasteiger partial charge in [-0.25, -0.2) is 9.37 Å². The number of anilines is 1. The topological polar surface area (TPSA) is 58.1 Å². The summed E-state index contributed by atoms with van der Waals surface area (Å²) < 4.78 is 18.6. The van der Waals surface area contributed by atoms with Gasteiger partial charge < -0.3 is 10.2 Å². The lowest BCUT2D eigenvalue weighted by Crippen LogP contribution is -2.75. The van der Waals surface area contributed by atoms with Gasteiger partial charge in [0.25, 0.3) is 5.91 Å². The Morgan fingerprint density at radius 2 is 2.04 bits per heavy atom. The van der Waals surface area contributed by atoms with E-state index in [4.69, 9.17) is 4.98 Å². The summed E-state index contributed by atoms with van der Waals surface area (Å²) in [7, 11) is 0. The zero-order valence-corrected chi connectivity index (χ0v) is 16.9. The number of aromatic nitrogens is 2. The predicted octanol–water partition coefficient (Wildman–Crippen LogP) is 3.66. The number of hydrogen-bond acceptors (Lipinski definition) is 5. The van der Waals surface area contributed by atoms with Crippen LogP contribution in [0.15, 0.2) is 0 Å². The second-order valence-corrected chi connectivity index (χ2v) is 9.98. The number of alkyl halides is 1. The van der Waals surface area contributed by atoms with Crippen LogP contribution in [0, 0.1) is 11.3 Å². The second-order valence-electron chi connectivity index (χ2n) is 9.25. The van der Waals surface area contributed by atoms with Crippen molar-refractivity contribution < 1.29 is 9.18 Å². The van der Waals surface area contributed by atoms with Gasteiger partial charge in [-0.2, -0.15) is 4.37 Å². The standard InChI is InChI=1S/C19H29FN4OS/c1-18(2)13(21-16(25)19(3,4)20)12-9-6-10-24(14(12)18)17-22-15(23-26-17)11-7-5-8-11/h11-14H,5-10H2,1-4H3,(H,21,25). The first kappa shape index (κ1) is 18.1. The minimum Gasteiger partial charge on any atom is -0.350 e. The minimum atomic E-state index is -1.84. The maximum Gasteiger partial charge on any atom is 0.257 e. The summed E-state index contributed by atoms with van der Waals surface area (Å²) in [6, 6.07) is 0.336. The van der Waals surface area contributed by atoms with Crippen LogP contribution in [0.3, 0.4) is 0 Å². The highest BCUT2D eigenvalue weighted by atomic mass is 32.1. The molecule has 0 radical (unpaired) electrons. The summed E-state index contributed by atoms with van der Waals surface area (Å²) in [5, 5.41) is 4.01. The fourth-order valence-corrected chi connectivity index (χ4v) is 5.75. The first-order valence-corrected chi connectivity index (χ1v) is 10.6. The summed E-state index contributed by atoms with van der Waals surface area (Å²) in [4.78, 5) is 19.4. The van der Waals surface area contributed by atoms with Gasteiger partial charge in [0.1, 0.15) is 5.82 Å². The molecule has 5 nitrogen and oxygen atoms in total. The number of amides is 1. The molecule has 3 unspecified atom stereocenters. The van der Waals surface area contributed by atoms with E-state index in [9.17, 15) is 9.18 Å². The van der Waals surface area contributed by atoms with E-state index in [-0.39, 0.29) is 11.5 Å². The largest absolute Gasteiger partial charge is 0.350 e. The molecule has 0 spiro atoms. The van der Waals surface area contributed by atoms with Gasteiger partial charge in [-0.15, -0.1) is 0 Å². The highest BCUT2D eigenvalue weighted by molar-refractivity contribution is 7.09. The number of nitrogens with zero attached hydrogens (tertiary/aromatic N) is 3. The molecular formula is C19H29FN4OS. The number of carbonyl (C=O) groups is 1. The van der Waals surface area contributed by atoms with Crippen molar-refractivity contribution in [3.63, 3.8) is 0 Å². The van der Waals surface area contributed by atoms with Gasteiger partial charge >= 0.3 is 0 Å². The van der Waals surface area contributed by atoms with Gasteiger partial charge in [0.15, 0.2) is 5.67 Å². The highest BCUT2D eigenvalue weighted by Crippen LogP contribution is 2.54. The summed E-state index contributed by atoms with van der Waals surface area (Å²) in [6.45, 7) is 7.98. The fourth-order valence-electron chi connectivity index (χ4n) is 4.94. The Kier molecular flexibility index (Phi) is 4.29. The van der Waals surface area contributed by atoms with Crippen molar-refractivity contribution in [3.05, 3.63) is 5.82 Å². The molecule has 3 fully saturated rings. The number of carbonyl (C=O) groups excluding carboxylic acids is 1. The number of rotatable bonds is 4. The maximum atomic E-state index is 14.0. The Morgan fingerprint density at radius 3 is 2.65 bits per heavy atom. The van der Waals surface area contributed by atoms with Gasteiger partial charge in [-0.3, -0.25) is 4.79 Å². The van der Waals surface area contributed by atoms with Crippen molar-refractivity contribution in [1.29, 1.82) is 0 Å². The van der Waals surface area contributed by atoms with E-state index in [1.807, 2.05) is 0 Å². The number of hydrogen-bond donors (Lipinski definition) is 1. The molecule has 1 amide bonds. The Balaban J connectivity index is 1.52. The maximum absolute atomic E-state index is 14.0. The Bertz CT molecular complexity index is 694. The Labute approximate surface area is 158 Å². The number of fused-ring (bicyclic) bond motifs is 1. The van der Waals surface area contributed by atoms with Crippen LogP contribution >= 0.6 is 11.5 Å². The summed E-state index contributed by atoms with van der Waals surface area (Å²) in [6.07, 6.45) is 5.84. The van der Waals surface area contributed by atoms with E-state index in [1.54, 1.807) is 0 Å². The molecule has 1 saturated heterocycles. The molecule has 1 aromatic heterocycles. The van der Waals surface area contributed by atoms with Crippen molar-refractivity contribution in [2.75, 3.05) is 11.4 Å². The molecule has 4 rings (SSSR count). The first-order chi connectivity index (χ1) is 12.2. The molecule has 26 heavy (non-hydrogen) atoms. The molecule has 2 aliphatic carbocycles. The van der Waals surface area contributed by atoms with Gasteiger partial charge in [0, 0.05) is 47.4 Å². The molecule has 3 atom stereocenters. The molecule has 1 N–H and O–H groups in total. The lowest BCUT2D eigenvalue weighted by Gasteiger charge is -2.64. The van der Waals surface area contributed by atoms with Crippen LogP contribution in [0.25, 0.3) is 0 Å². The van der Waals surface area contributed by atoms with E-state index >= 15 is 0 Å². The van der Waals surface area contributed by atoms with Crippen LogP contribution in [0.5, 0.6) is 0 Å². The normalized spacial score (nSPS) is 31.0. The van der Waals surface area contributed by atoms with Crippen LogP contribution in [0.4, 0.5) is 9.52 Å². The van der Waals surface area contributed by atoms with E-state index in [2.05, 4.69) is 28.4 Å². The van der Waals surface area contributed by atoms with Gasteiger partial charge in [-0.05, 0) is 39.5 Å². The molecule has 7 heteroatoms. The number of piperidine rings is 1. The van der Waals surface area contributed by atoms with Gasteiger partial charge in [0.2, 0.25) is 5.13 Å². The molecular weight excluding hydrogens is 351 g/mol. The fraction of sp³-hybridized carbons (Fsp3) is 0.842. The molecule has 1 aliphatic heterocycles. The number of halogens is 1. The average molecular weight is 381 g/mol. The van der Waals surface area contributed by atoms with Gasteiger partial charge in [0.05, 0.1) is 0 Å². The van der Waals surface area contributed by atoms with Gasteiger partial charge in [-0.1, -0.05) is 20.3 Å². The lowest BCUT2D eigenvalue weighted by molar-refractivity contribution is -0.137. The van der Waals surface area contributed by atoms with E-state index in [0.717, 1.165) is 30.3 Å². The van der Waals surface area contributed by atoms with Crippen molar-refractivity contribution in [2.24, 2.45) is 11.3 Å². The van der Waals surface area contributed by atoms with Crippen molar-refractivity contribution in [2.45, 2.75) is 83.5 Å². The van der Waals surface area contributed by atoms with Crippen molar-refractivity contribution in [1.82, 2.24) is 14.7 Å². The predicted molar refractivity (Wildman–Crippen MR) is 101 cm³/mol. The SMILES string of the molecule is CC(C)(F)C(=O)NC1C2CCCN(c3nc(C4CCC4)ns3)C2C1(C)C. The minimum absolute atomic E-state index is 0.0110. The molecule has 1 aromatic rings. The lowest BCUT2D eigenvalue weighted by atomic mass is 9.52. The van der Waals surface area contributed by atoms with Crippen LogP contribution < -0.4 is 10.2 Å². The molecule has 2 saturated carbocycles. The third-order valence-corrected chi connectivity index (χ3v) is 7.41. The molecule has 0 bridgehead atoms. The van der Waals surface area contributed by atoms with E-state index in [1.165, 1.54) is 44.6 Å². The highest BCUT2D eigenvalue weighted by Gasteiger charge is 2.61. The third kappa shape index (κ3) is 2.83. The van der Waals surface area contributed by atoms with E-state index < -0.39 is 11.6 Å². The first-order valence-electron chi connectivity index (χ1n) is 9.79. The monoisotopic (exact) mass is 380 g/mol. The summed E-state index contributed by atoms with van der Waals surface area (Å²) >= 11 is 1.51. The van der Waals surface area contributed by atoms with Crippen LogP contribution in [0.2, 0.25) is 0 Å². The molecule has 3 aliphatic rings. The quantitative estimate of drug-likeness (QED) is 0.866. The Morgan fingerprint density at radius 1 is 1.31 bits per heavy atom. The third-order valence-electron chi connectivity index (χ3n) is 6.64.